The average Bonchev–Trinajstić information content (AvgIpc) is 2.08. The number of nitro groups is 1. The number of hydrogen-bond acceptors (Lipinski definition) is 4. The minimum absolute atomic E-state index is 0.476. The molecule has 0 aromatic heterocycles. The third kappa shape index (κ3) is 1.86. The van der Waals surface area contributed by atoms with Crippen molar-refractivity contribution in [1.82, 2.24) is 0 Å². The Morgan fingerprint density at radius 2 is 1.93 bits per heavy atom. The van der Waals surface area contributed by atoms with E-state index in [1.54, 1.807) is 0 Å². The van der Waals surface area contributed by atoms with Crippen LogP contribution in [0, 0.1) is 21.7 Å². The molecular weight excluding hydrogens is 199 g/mol. The van der Waals surface area contributed by atoms with E-state index in [2.05, 4.69) is 0 Å². The van der Waals surface area contributed by atoms with Crippen molar-refractivity contribution >= 4 is 18.3 Å². The summed E-state index contributed by atoms with van der Waals surface area (Å²) in [6.07, 6.45) is 0. The standard InChI is InChI=1S/C6H4BF2NO4/c8-4-1-3(7(11)12)2-5(6(4)9)10(13)14/h1-2,11-12H. The summed E-state index contributed by atoms with van der Waals surface area (Å²) >= 11 is 0. The van der Waals surface area contributed by atoms with Crippen LogP contribution in [0.2, 0.25) is 0 Å². The second kappa shape index (κ2) is 3.68. The first-order valence-electron chi connectivity index (χ1n) is 3.43. The third-order valence-electron chi connectivity index (χ3n) is 1.53. The summed E-state index contributed by atoms with van der Waals surface area (Å²) in [5.74, 6) is -3.12. The van der Waals surface area contributed by atoms with Gasteiger partial charge in [0.25, 0.3) is 0 Å². The molecule has 0 heterocycles. The zero-order chi connectivity index (χ0) is 10.9. The van der Waals surface area contributed by atoms with E-state index in [-0.39, 0.29) is 0 Å². The van der Waals surface area contributed by atoms with Gasteiger partial charge >= 0.3 is 12.8 Å². The van der Waals surface area contributed by atoms with Gasteiger partial charge < -0.3 is 10.0 Å². The molecule has 1 aromatic carbocycles. The highest BCUT2D eigenvalue weighted by Crippen LogP contribution is 2.17. The zero-order valence-corrected chi connectivity index (χ0v) is 6.65. The monoisotopic (exact) mass is 203 g/mol. The minimum Gasteiger partial charge on any atom is -0.423 e. The van der Waals surface area contributed by atoms with Crippen LogP contribution < -0.4 is 5.46 Å². The van der Waals surface area contributed by atoms with E-state index in [9.17, 15) is 18.9 Å². The van der Waals surface area contributed by atoms with Gasteiger partial charge in [-0.1, -0.05) is 0 Å². The molecule has 0 fully saturated rings. The van der Waals surface area contributed by atoms with Gasteiger partial charge in [-0.25, -0.2) is 4.39 Å². The molecular formula is C6H4BF2NO4. The molecule has 0 unspecified atom stereocenters. The Morgan fingerprint density at radius 1 is 1.36 bits per heavy atom. The highest BCUT2D eigenvalue weighted by atomic mass is 19.2. The molecule has 0 aliphatic carbocycles. The molecule has 0 spiro atoms. The Hall–Kier alpha value is -1.54. The number of halogens is 2. The summed E-state index contributed by atoms with van der Waals surface area (Å²) in [4.78, 5) is 9.04. The van der Waals surface area contributed by atoms with Gasteiger partial charge in [0.2, 0.25) is 5.82 Å². The Bertz CT molecular complexity index is 384. The predicted octanol–water partition coefficient (Wildman–Crippen LogP) is -0.447. The fourth-order valence-corrected chi connectivity index (χ4v) is 0.877. The van der Waals surface area contributed by atoms with Crippen LogP contribution in [0.1, 0.15) is 0 Å². The minimum atomic E-state index is -2.08. The van der Waals surface area contributed by atoms with Crippen LogP contribution in [0.5, 0.6) is 0 Å². The normalized spacial score (nSPS) is 10.0. The quantitative estimate of drug-likeness (QED) is 0.387. The smallest absolute Gasteiger partial charge is 0.423 e. The third-order valence-corrected chi connectivity index (χ3v) is 1.53. The average molecular weight is 203 g/mol. The van der Waals surface area contributed by atoms with Gasteiger partial charge in [0.1, 0.15) is 0 Å². The van der Waals surface area contributed by atoms with E-state index >= 15 is 0 Å². The van der Waals surface area contributed by atoms with Crippen molar-refractivity contribution in [2.24, 2.45) is 0 Å². The predicted molar refractivity (Wildman–Crippen MR) is 42.8 cm³/mol. The van der Waals surface area contributed by atoms with E-state index in [0.717, 1.165) is 0 Å². The number of rotatable bonds is 2. The molecule has 2 N–H and O–H groups in total. The van der Waals surface area contributed by atoms with Crippen molar-refractivity contribution < 1.29 is 23.8 Å². The fraction of sp³-hybridized carbons (Fsp3) is 0. The molecule has 0 bridgehead atoms. The van der Waals surface area contributed by atoms with Gasteiger partial charge in [0, 0.05) is 6.07 Å². The molecule has 8 heteroatoms. The van der Waals surface area contributed by atoms with Crippen LogP contribution >= 0.6 is 0 Å². The van der Waals surface area contributed by atoms with E-state index in [1.807, 2.05) is 0 Å². The van der Waals surface area contributed by atoms with Crippen LogP contribution in [0.4, 0.5) is 14.5 Å². The van der Waals surface area contributed by atoms with Crippen molar-refractivity contribution in [2.75, 3.05) is 0 Å². The molecule has 0 atom stereocenters. The van der Waals surface area contributed by atoms with Gasteiger partial charge in [-0.2, -0.15) is 4.39 Å². The number of benzene rings is 1. The highest BCUT2D eigenvalue weighted by Gasteiger charge is 2.24. The Balaban J connectivity index is 3.35. The van der Waals surface area contributed by atoms with Crippen LogP contribution in [0.25, 0.3) is 0 Å². The number of nitrogens with zero attached hydrogens (tertiary/aromatic N) is 1. The van der Waals surface area contributed by atoms with E-state index < -0.39 is 34.8 Å². The van der Waals surface area contributed by atoms with Crippen LogP contribution in [-0.2, 0) is 0 Å². The molecule has 0 saturated carbocycles. The molecule has 5 nitrogen and oxygen atoms in total. The van der Waals surface area contributed by atoms with Crippen molar-refractivity contribution in [1.29, 1.82) is 0 Å². The van der Waals surface area contributed by atoms with Gasteiger partial charge in [-0.15, -0.1) is 0 Å². The maximum atomic E-state index is 12.7. The Kier molecular flexibility index (Phi) is 2.77. The summed E-state index contributed by atoms with van der Waals surface area (Å²) in [7, 11) is -2.08. The lowest BCUT2D eigenvalue weighted by molar-refractivity contribution is -0.387. The molecule has 74 valence electrons. The number of hydrogen-bond donors (Lipinski definition) is 2. The molecule has 0 aliphatic heterocycles. The largest absolute Gasteiger partial charge is 0.488 e. The van der Waals surface area contributed by atoms with Crippen LogP contribution in [0.15, 0.2) is 12.1 Å². The first-order valence-corrected chi connectivity index (χ1v) is 3.43. The highest BCUT2D eigenvalue weighted by molar-refractivity contribution is 6.58. The van der Waals surface area contributed by atoms with E-state index in [4.69, 9.17) is 10.0 Å². The van der Waals surface area contributed by atoms with Crippen molar-refractivity contribution in [3.8, 4) is 0 Å². The summed E-state index contributed by atoms with van der Waals surface area (Å²) in [5.41, 5.74) is -1.61. The van der Waals surface area contributed by atoms with Gasteiger partial charge in [-0.3, -0.25) is 10.1 Å². The first kappa shape index (κ1) is 10.5. The summed E-state index contributed by atoms with van der Waals surface area (Å²) in [6, 6.07) is 1.04. The summed E-state index contributed by atoms with van der Waals surface area (Å²) in [6.45, 7) is 0. The van der Waals surface area contributed by atoms with Gasteiger partial charge in [0.15, 0.2) is 5.82 Å². The lowest BCUT2D eigenvalue weighted by Crippen LogP contribution is -2.30. The van der Waals surface area contributed by atoms with Crippen molar-refractivity contribution in [3.63, 3.8) is 0 Å². The summed E-state index contributed by atoms with van der Waals surface area (Å²) in [5, 5.41) is 27.4. The molecule has 0 saturated heterocycles. The Morgan fingerprint density at radius 3 is 2.36 bits per heavy atom. The fourth-order valence-electron chi connectivity index (χ4n) is 0.877. The maximum Gasteiger partial charge on any atom is 0.488 e. The molecule has 14 heavy (non-hydrogen) atoms. The molecule has 0 aliphatic rings. The van der Waals surface area contributed by atoms with Gasteiger partial charge in [-0.05, 0) is 11.5 Å². The van der Waals surface area contributed by atoms with E-state index in [1.165, 1.54) is 0 Å². The SMILES string of the molecule is O=[N+]([O-])c1cc(B(O)O)cc(F)c1F. The zero-order valence-electron chi connectivity index (χ0n) is 6.65. The number of nitro benzene ring substituents is 1. The topological polar surface area (TPSA) is 83.6 Å². The van der Waals surface area contributed by atoms with Crippen LogP contribution in [0.3, 0.4) is 0 Å². The second-order valence-electron chi connectivity index (χ2n) is 2.47. The lowest BCUT2D eigenvalue weighted by Gasteiger charge is -2.00. The molecule has 0 amide bonds. The second-order valence-corrected chi connectivity index (χ2v) is 2.47. The summed E-state index contributed by atoms with van der Waals surface area (Å²) < 4.78 is 25.4. The molecule has 1 aromatic rings. The van der Waals surface area contributed by atoms with Gasteiger partial charge in [0.05, 0.1) is 4.92 Å². The van der Waals surface area contributed by atoms with E-state index in [0.29, 0.717) is 12.1 Å². The molecule has 0 radical (unpaired) electrons. The van der Waals surface area contributed by atoms with Crippen LogP contribution in [-0.4, -0.2) is 22.1 Å². The van der Waals surface area contributed by atoms with Crippen molar-refractivity contribution in [3.05, 3.63) is 33.9 Å². The first-order chi connectivity index (χ1) is 6.43. The maximum absolute atomic E-state index is 12.7. The van der Waals surface area contributed by atoms with Crippen molar-refractivity contribution in [2.45, 2.75) is 0 Å². The molecule has 1 rings (SSSR count). The Labute approximate surface area is 76.9 Å². The lowest BCUT2D eigenvalue weighted by atomic mass is 9.80.